The lowest BCUT2D eigenvalue weighted by Gasteiger charge is -2.21. The number of carbonyl (C=O) groups is 1. The number of amides is 1. The molecule has 0 radical (unpaired) electrons. The molecule has 0 aliphatic carbocycles. The molecule has 0 bridgehead atoms. The van der Waals surface area contributed by atoms with Gasteiger partial charge in [-0.1, -0.05) is 0 Å². The Kier molecular flexibility index (Phi) is 6.18. The Morgan fingerprint density at radius 1 is 1.37 bits per heavy atom. The van der Waals surface area contributed by atoms with Crippen molar-refractivity contribution in [1.29, 1.82) is 0 Å². The number of benzene rings is 1. The third kappa shape index (κ3) is 4.44. The molecule has 0 aliphatic heterocycles. The van der Waals surface area contributed by atoms with Gasteiger partial charge in [-0.05, 0) is 37.4 Å². The number of nitrogens with one attached hydrogen (secondary N) is 1. The highest BCUT2D eigenvalue weighted by molar-refractivity contribution is 7.99. The second-order valence-corrected chi connectivity index (χ2v) is 5.74. The van der Waals surface area contributed by atoms with Gasteiger partial charge in [0.15, 0.2) is 0 Å². The van der Waals surface area contributed by atoms with Gasteiger partial charge in [0.05, 0.1) is 6.61 Å². The maximum Gasteiger partial charge on any atom is 0.251 e. The molecule has 0 aliphatic rings. The second-order valence-electron chi connectivity index (χ2n) is 4.66. The van der Waals surface area contributed by atoms with E-state index in [-0.39, 0.29) is 23.8 Å². The largest absolute Gasteiger partial charge is 0.395 e. The Labute approximate surface area is 119 Å². The van der Waals surface area contributed by atoms with Crippen LogP contribution in [0.25, 0.3) is 0 Å². The van der Waals surface area contributed by atoms with E-state index in [9.17, 15) is 9.90 Å². The molecule has 2 atom stereocenters. The monoisotopic (exact) mass is 282 g/mol. The van der Waals surface area contributed by atoms with Gasteiger partial charge in [0.25, 0.3) is 5.91 Å². The third-order valence-electron chi connectivity index (χ3n) is 3.05. The van der Waals surface area contributed by atoms with Gasteiger partial charge in [-0.15, -0.1) is 0 Å². The van der Waals surface area contributed by atoms with E-state index in [0.29, 0.717) is 5.56 Å². The van der Waals surface area contributed by atoms with E-state index in [0.717, 1.165) is 5.69 Å². The normalized spacial score (nSPS) is 13.7. The van der Waals surface area contributed by atoms with Gasteiger partial charge in [-0.2, -0.15) is 11.8 Å². The first-order chi connectivity index (χ1) is 8.99. The summed E-state index contributed by atoms with van der Waals surface area (Å²) < 4.78 is 0. The van der Waals surface area contributed by atoms with Crippen molar-refractivity contribution in [2.45, 2.75) is 18.2 Å². The van der Waals surface area contributed by atoms with Crippen molar-refractivity contribution in [2.75, 3.05) is 31.9 Å². The fourth-order valence-corrected chi connectivity index (χ4v) is 2.36. The summed E-state index contributed by atoms with van der Waals surface area (Å²) in [5, 5.41) is 12.1. The number of anilines is 1. The molecule has 4 nitrogen and oxygen atoms in total. The Balaban J connectivity index is 2.67. The van der Waals surface area contributed by atoms with E-state index in [1.807, 2.05) is 56.4 Å². The molecule has 1 aromatic carbocycles. The molecule has 1 amide bonds. The summed E-state index contributed by atoms with van der Waals surface area (Å²) in [6, 6.07) is 7.38. The van der Waals surface area contributed by atoms with Gasteiger partial charge in [-0.25, -0.2) is 0 Å². The van der Waals surface area contributed by atoms with Crippen LogP contribution in [0.15, 0.2) is 24.3 Å². The predicted molar refractivity (Wildman–Crippen MR) is 82.1 cm³/mol. The maximum absolute atomic E-state index is 12.1. The molecule has 2 N–H and O–H groups in total. The number of rotatable bonds is 6. The molecule has 0 saturated heterocycles. The molecule has 5 heteroatoms. The standard InChI is InChI=1S/C14H22N2O2S/c1-10(13(9-17)19-4)15-14(18)11-5-7-12(8-6-11)16(2)3/h5-8,10,13,17H,9H2,1-4H3,(H,15,18). The predicted octanol–water partition coefficient (Wildman–Crippen LogP) is 1.59. The number of hydrogen-bond acceptors (Lipinski definition) is 4. The van der Waals surface area contributed by atoms with Crippen molar-refractivity contribution in [2.24, 2.45) is 0 Å². The quantitative estimate of drug-likeness (QED) is 0.832. The lowest BCUT2D eigenvalue weighted by atomic mass is 10.1. The zero-order valence-corrected chi connectivity index (χ0v) is 12.7. The maximum atomic E-state index is 12.1. The van der Waals surface area contributed by atoms with Gasteiger partial charge in [0.2, 0.25) is 0 Å². The lowest BCUT2D eigenvalue weighted by molar-refractivity contribution is 0.0936. The molecule has 1 aromatic rings. The molecule has 106 valence electrons. The summed E-state index contributed by atoms with van der Waals surface area (Å²) in [6.07, 6.45) is 1.93. The third-order valence-corrected chi connectivity index (χ3v) is 4.21. The van der Waals surface area contributed by atoms with Crippen LogP contribution in [-0.4, -0.2) is 49.3 Å². The van der Waals surface area contributed by atoms with Crippen LogP contribution in [0.4, 0.5) is 5.69 Å². The average Bonchev–Trinajstić information content (AvgIpc) is 2.40. The molecule has 2 unspecified atom stereocenters. The van der Waals surface area contributed by atoms with E-state index in [1.165, 1.54) is 0 Å². The van der Waals surface area contributed by atoms with Crippen molar-refractivity contribution >= 4 is 23.4 Å². The minimum absolute atomic E-state index is 0.0185. The van der Waals surface area contributed by atoms with E-state index in [1.54, 1.807) is 11.8 Å². The zero-order chi connectivity index (χ0) is 14.4. The van der Waals surface area contributed by atoms with E-state index in [2.05, 4.69) is 5.32 Å². The molecule has 0 saturated carbocycles. The van der Waals surface area contributed by atoms with Crippen molar-refractivity contribution < 1.29 is 9.90 Å². The van der Waals surface area contributed by atoms with E-state index in [4.69, 9.17) is 0 Å². The molecular weight excluding hydrogens is 260 g/mol. The highest BCUT2D eigenvalue weighted by Crippen LogP contribution is 2.14. The Morgan fingerprint density at radius 2 is 1.95 bits per heavy atom. The van der Waals surface area contributed by atoms with Gasteiger partial charge >= 0.3 is 0 Å². The Hall–Kier alpha value is -1.20. The summed E-state index contributed by atoms with van der Waals surface area (Å²) >= 11 is 1.55. The average molecular weight is 282 g/mol. The summed E-state index contributed by atoms with van der Waals surface area (Å²) in [4.78, 5) is 14.0. The Morgan fingerprint density at radius 3 is 2.37 bits per heavy atom. The van der Waals surface area contributed by atoms with Crippen LogP contribution >= 0.6 is 11.8 Å². The minimum atomic E-state index is -0.106. The molecule has 0 aromatic heterocycles. The van der Waals surface area contributed by atoms with Crippen LogP contribution in [0.5, 0.6) is 0 Å². The number of thioether (sulfide) groups is 1. The number of aliphatic hydroxyl groups excluding tert-OH is 1. The number of nitrogens with zero attached hydrogens (tertiary/aromatic N) is 1. The highest BCUT2D eigenvalue weighted by Gasteiger charge is 2.18. The molecule has 0 fully saturated rings. The Bertz CT molecular complexity index is 402. The molecule has 1 rings (SSSR count). The van der Waals surface area contributed by atoms with Crippen LogP contribution in [0, 0.1) is 0 Å². The SMILES string of the molecule is CSC(CO)C(C)NC(=O)c1ccc(N(C)C)cc1. The van der Waals surface area contributed by atoms with Crippen LogP contribution in [0.1, 0.15) is 17.3 Å². The lowest BCUT2D eigenvalue weighted by Crippen LogP contribution is -2.41. The van der Waals surface area contributed by atoms with Crippen LogP contribution < -0.4 is 10.2 Å². The minimum Gasteiger partial charge on any atom is -0.395 e. The van der Waals surface area contributed by atoms with E-state index >= 15 is 0 Å². The first-order valence-electron chi connectivity index (χ1n) is 6.21. The first kappa shape index (κ1) is 15.9. The summed E-state index contributed by atoms with van der Waals surface area (Å²) in [6.45, 7) is 1.96. The van der Waals surface area contributed by atoms with Gasteiger partial charge < -0.3 is 15.3 Å². The summed E-state index contributed by atoms with van der Waals surface area (Å²) in [5.74, 6) is -0.106. The smallest absolute Gasteiger partial charge is 0.251 e. The van der Waals surface area contributed by atoms with Crippen LogP contribution in [-0.2, 0) is 0 Å². The molecule has 0 spiro atoms. The summed E-state index contributed by atoms with van der Waals surface area (Å²) in [7, 11) is 3.92. The number of aliphatic hydroxyl groups is 1. The van der Waals surface area contributed by atoms with Gasteiger partial charge in [0, 0.05) is 36.6 Å². The first-order valence-corrected chi connectivity index (χ1v) is 7.50. The van der Waals surface area contributed by atoms with Crippen molar-refractivity contribution in [1.82, 2.24) is 5.32 Å². The number of carbonyl (C=O) groups excluding carboxylic acids is 1. The highest BCUT2D eigenvalue weighted by atomic mass is 32.2. The van der Waals surface area contributed by atoms with Gasteiger partial charge in [-0.3, -0.25) is 4.79 Å². The second kappa shape index (κ2) is 7.40. The molecule has 0 heterocycles. The fraction of sp³-hybridized carbons (Fsp3) is 0.500. The van der Waals surface area contributed by atoms with Crippen molar-refractivity contribution in [3.8, 4) is 0 Å². The van der Waals surface area contributed by atoms with Crippen LogP contribution in [0.3, 0.4) is 0 Å². The van der Waals surface area contributed by atoms with Crippen molar-refractivity contribution in [3.63, 3.8) is 0 Å². The van der Waals surface area contributed by atoms with Crippen LogP contribution in [0.2, 0.25) is 0 Å². The summed E-state index contributed by atoms with van der Waals surface area (Å²) in [5.41, 5.74) is 1.69. The van der Waals surface area contributed by atoms with E-state index < -0.39 is 0 Å². The van der Waals surface area contributed by atoms with Crippen molar-refractivity contribution in [3.05, 3.63) is 29.8 Å². The number of hydrogen-bond donors (Lipinski definition) is 2. The molecule has 19 heavy (non-hydrogen) atoms. The zero-order valence-electron chi connectivity index (χ0n) is 11.9. The molecular formula is C14H22N2O2S. The topological polar surface area (TPSA) is 52.6 Å². The van der Waals surface area contributed by atoms with Gasteiger partial charge in [0.1, 0.15) is 0 Å². The fourth-order valence-electron chi connectivity index (χ4n) is 1.73.